The van der Waals surface area contributed by atoms with Crippen molar-refractivity contribution in [3.05, 3.63) is 52.5 Å². The molecule has 3 aromatic rings. The summed E-state index contributed by atoms with van der Waals surface area (Å²) in [5, 5.41) is 4.76. The number of carbonyl (C=O) groups excluding carboxylic acids is 1. The van der Waals surface area contributed by atoms with E-state index in [1.807, 2.05) is 24.3 Å². The molecule has 0 heterocycles. The molecule has 0 amide bonds. The van der Waals surface area contributed by atoms with Crippen molar-refractivity contribution in [1.29, 1.82) is 0 Å². The number of aldehydes is 1. The molecule has 0 fully saturated rings. The van der Waals surface area contributed by atoms with Gasteiger partial charge in [-0.2, -0.15) is 0 Å². The van der Waals surface area contributed by atoms with Crippen LogP contribution in [0.3, 0.4) is 0 Å². The predicted molar refractivity (Wildman–Crippen MR) is 70.1 cm³/mol. The first-order valence-electron chi connectivity index (χ1n) is 5.02. The minimum absolute atomic E-state index is 0. The maximum atomic E-state index is 10.7. The molecule has 0 aliphatic carbocycles. The Bertz CT molecular complexity index is 703. The van der Waals surface area contributed by atoms with Crippen molar-refractivity contribution in [2.24, 2.45) is 0 Å². The van der Waals surface area contributed by atoms with Crippen LogP contribution in [0.5, 0.6) is 0 Å². The Morgan fingerprint density at radius 2 is 1.56 bits per heavy atom. The molecule has 18 heavy (non-hydrogen) atoms. The van der Waals surface area contributed by atoms with Crippen LogP contribution in [0, 0.1) is 0 Å². The maximum absolute atomic E-state index is 10.7. The fourth-order valence-electron chi connectivity index (χ4n) is 2.09. The van der Waals surface area contributed by atoms with E-state index in [4.69, 9.17) is 0 Å². The molecule has 0 spiro atoms. The van der Waals surface area contributed by atoms with Gasteiger partial charge in [0, 0.05) is 0 Å². The Morgan fingerprint density at radius 3 is 2.22 bits per heavy atom. The molecule has 3 aromatic carbocycles. The Morgan fingerprint density at radius 1 is 0.944 bits per heavy atom. The maximum Gasteiger partial charge on any atom is 1.00 e. The summed E-state index contributed by atoms with van der Waals surface area (Å²) in [6.07, 6.45) is 0.882. The third kappa shape index (κ3) is 3.85. The monoisotopic (exact) mass is 537 g/mol. The largest absolute Gasteiger partial charge is 1.00 e. The van der Waals surface area contributed by atoms with Crippen molar-refractivity contribution in [3.8, 4) is 0 Å². The van der Waals surface area contributed by atoms with E-state index in [0.717, 1.165) is 21.7 Å². The summed E-state index contributed by atoms with van der Waals surface area (Å²) in [5.74, 6) is 0. The second kappa shape index (κ2) is 8.26. The van der Waals surface area contributed by atoms with Crippen molar-refractivity contribution in [1.82, 2.24) is 0 Å². The van der Waals surface area contributed by atoms with E-state index >= 15 is 0 Å². The molecule has 4 heteroatoms. The fraction of sp³-hybridized carbons (Fsp3) is 0. The van der Waals surface area contributed by atoms with Crippen LogP contribution in [0.1, 0.15) is 10.4 Å². The van der Waals surface area contributed by atoms with Crippen LogP contribution in [0.15, 0.2) is 46.9 Å². The first kappa shape index (κ1) is 18.6. The van der Waals surface area contributed by atoms with Gasteiger partial charge in [0.05, 0.1) is 0 Å². The Balaban J connectivity index is 0.000000810. The van der Waals surface area contributed by atoms with Gasteiger partial charge < -0.3 is 0 Å². The van der Waals surface area contributed by atoms with Crippen LogP contribution >= 0.6 is 15.9 Å². The Labute approximate surface area is 232 Å². The van der Waals surface area contributed by atoms with Crippen LogP contribution in [-0.4, -0.2) is 6.29 Å². The average Bonchev–Trinajstić information content (AvgIpc) is 2.64. The number of benzene rings is 2. The summed E-state index contributed by atoms with van der Waals surface area (Å²) in [4.78, 5) is 10.7. The third-order valence-corrected chi connectivity index (χ3v) is 3.32. The van der Waals surface area contributed by atoms with Gasteiger partial charge in [0.1, 0.15) is 6.29 Å². The Hall–Kier alpha value is 2.56. The summed E-state index contributed by atoms with van der Waals surface area (Å²) in [6.45, 7) is 0. The SMILES string of the molecule is O=Cc1ccc2c(c1)[cH-]c1cc(Br)ccc12.[Cs+].[Cs+]. The van der Waals surface area contributed by atoms with Crippen molar-refractivity contribution in [2.75, 3.05) is 0 Å². The van der Waals surface area contributed by atoms with E-state index in [1.165, 1.54) is 16.2 Å². The van der Waals surface area contributed by atoms with Gasteiger partial charge in [0.2, 0.25) is 0 Å². The second-order valence-electron chi connectivity index (χ2n) is 3.84. The molecule has 0 aliphatic rings. The van der Waals surface area contributed by atoms with E-state index in [-0.39, 0.29) is 138 Å². The zero-order chi connectivity index (χ0) is 11.1. The standard InChI is InChI=1S/C14H8BrO.2Cs/c15-12-2-4-14-11(7-12)6-10-5-9(8-16)1-3-13(10)14;;/h1-8H;;/q-1;2*+1. The number of rotatable bonds is 1. The number of carbonyl (C=O) groups is 1. The average molecular weight is 538 g/mol. The van der Waals surface area contributed by atoms with Crippen molar-refractivity contribution in [3.63, 3.8) is 0 Å². The summed E-state index contributed by atoms with van der Waals surface area (Å²) < 4.78 is 1.07. The molecule has 0 unspecified atom stereocenters. The number of fused-ring (bicyclic) bond motifs is 3. The van der Waals surface area contributed by atoms with Gasteiger partial charge in [-0.25, -0.2) is 0 Å². The van der Waals surface area contributed by atoms with Crippen LogP contribution < -0.4 is 138 Å². The number of halogens is 1. The third-order valence-electron chi connectivity index (χ3n) is 2.83. The van der Waals surface area contributed by atoms with E-state index in [1.54, 1.807) is 0 Å². The van der Waals surface area contributed by atoms with Crippen LogP contribution in [0.2, 0.25) is 0 Å². The molecule has 3 rings (SSSR count). The topological polar surface area (TPSA) is 17.1 Å². The summed E-state index contributed by atoms with van der Waals surface area (Å²) in [5.41, 5.74) is 0.724. The van der Waals surface area contributed by atoms with Gasteiger partial charge in [-0.05, 0) is 10.0 Å². The molecule has 0 saturated heterocycles. The molecule has 78 valence electrons. The van der Waals surface area contributed by atoms with Gasteiger partial charge in [-0.15, -0.1) is 39.7 Å². The molecule has 1 nitrogen and oxygen atoms in total. The number of hydrogen-bond acceptors (Lipinski definition) is 1. The number of hydrogen-bond donors (Lipinski definition) is 0. The first-order chi connectivity index (χ1) is 7.78. The summed E-state index contributed by atoms with van der Waals surface area (Å²) in [7, 11) is 0. The smallest absolute Gasteiger partial charge is 0.299 e. The minimum atomic E-state index is 0. The van der Waals surface area contributed by atoms with Crippen molar-refractivity contribution in [2.45, 2.75) is 0 Å². The van der Waals surface area contributed by atoms with Crippen molar-refractivity contribution >= 4 is 43.8 Å². The van der Waals surface area contributed by atoms with Gasteiger partial charge in [-0.3, -0.25) is 4.79 Å². The quantitative estimate of drug-likeness (QED) is 0.267. The van der Waals surface area contributed by atoms with Crippen LogP contribution in [-0.2, 0) is 0 Å². The van der Waals surface area contributed by atoms with Gasteiger partial charge in [0.15, 0.2) is 0 Å². The molecular weight excluding hydrogens is 530 g/mol. The second-order valence-corrected chi connectivity index (χ2v) is 4.76. The fourth-order valence-corrected chi connectivity index (χ4v) is 2.46. The van der Waals surface area contributed by atoms with E-state index in [0.29, 0.717) is 0 Å². The van der Waals surface area contributed by atoms with Crippen molar-refractivity contribution < 1.29 is 143 Å². The zero-order valence-corrected chi connectivity index (χ0v) is 24.6. The van der Waals surface area contributed by atoms with E-state index in [2.05, 4.69) is 34.1 Å². The minimum Gasteiger partial charge on any atom is -0.299 e. The van der Waals surface area contributed by atoms with Gasteiger partial charge in [-0.1, -0.05) is 40.2 Å². The first-order valence-corrected chi connectivity index (χ1v) is 5.81. The van der Waals surface area contributed by atoms with Gasteiger partial charge in [0.25, 0.3) is 0 Å². The molecular formula is C14H8BrCs2O+. The van der Waals surface area contributed by atoms with Crippen LogP contribution in [0.25, 0.3) is 21.5 Å². The molecule has 0 saturated carbocycles. The summed E-state index contributed by atoms with van der Waals surface area (Å²) in [6, 6.07) is 14.1. The molecule has 0 atom stereocenters. The van der Waals surface area contributed by atoms with Crippen LogP contribution in [0.4, 0.5) is 0 Å². The predicted octanol–water partition coefficient (Wildman–Crippen LogP) is -1.71. The van der Waals surface area contributed by atoms with Gasteiger partial charge >= 0.3 is 138 Å². The molecule has 0 N–H and O–H groups in total. The molecule has 0 aliphatic heterocycles. The molecule has 0 bridgehead atoms. The van der Waals surface area contributed by atoms with E-state index < -0.39 is 0 Å². The molecule has 0 radical (unpaired) electrons. The Kier molecular flexibility index (Phi) is 8.54. The molecule has 0 aromatic heterocycles. The van der Waals surface area contributed by atoms with E-state index in [9.17, 15) is 4.79 Å². The zero-order valence-electron chi connectivity index (χ0n) is 10.4. The summed E-state index contributed by atoms with van der Waals surface area (Å²) >= 11 is 3.46. The normalized spacial score (nSPS) is 9.83.